The lowest BCUT2D eigenvalue weighted by Crippen LogP contribution is -2.33. The molecule has 0 aromatic heterocycles. The van der Waals surface area contributed by atoms with Crippen molar-refractivity contribution in [2.45, 2.75) is 12.8 Å². The van der Waals surface area contributed by atoms with Gasteiger partial charge in [-0.3, -0.25) is 9.59 Å². The number of rotatable bonds is 4. The third kappa shape index (κ3) is 4.44. The van der Waals surface area contributed by atoms with E-state index in [0.717, 1.165) is 17.7 Å². The number of halogens is 1. The molecule has 1 atom stereocenters. The Morgan fingerprint density at radius 3 is 2.63 bits per heavy atom. The molecule has 2 rings (SSSR count). The third-order valence-corrected chi connectivity index (χ3v) is 3.04. The largest absolute Gasteiger partial charge is 0.399 e. The molecule has 5 nitrogen and oxygen atoms in total. The summed E-state index contributed by atoms with van der Waals surface area (Å²) in [6.45, 7) is 1.03. The summed E-state index contributed by atoms with van der Waals surface area (Å²) in [5.41, 5.74) is 7.45. The molecule has 1 heterocycles. The molecule has 0 aliphatic carbocycles. The van der Waals surface area contributed by atoms with E-state index >= 15 is 0 Å². The van der Waals surface area contributed by atoms with E-state index in [9.17, 15) is 9.59 Å². The van der Waals surface area contributed by atoms with Crippen LogP contribution in [0.3, 0.4) is 0 Å². The van der Waals surface area contributed by atoms with Gasteiger partial charge in [-0.05, 0) is 24.1 Å². The van der Waals surface area contributed by atoms with Gasteiger partial charge in [0.1, 0.15) is 0 Å². The van der Waals surface area contributed by atoms with Crippen LogP contribution in [-0.4, -0.2) is 24.9 Å². The van der Waals surface area contributed by atoms with Gasteiger partial charge in [0.2, 0.25) is 11.8 Å². The maximum absolute atomic E-state index is 11.7. The number of hydrogen-bond donors (Lipinski definition) is 3. The zero-order valence-corrected chi connectivity index (χ0v) is 11.3. The number of carbonyl (C=O) groups is 2. The van der Waals surface area contributed by atoms with E-state index in [1.54, 1.807) is 0 Å². The second-order valence-corrected chi connectivity index (χ2v) is 4.49. The van der Waals surface area contributed by atoms with Crippen LogP contribution in [0.4, 0.5) is 5.69 Å². The van der Waals surface area contributed by atoms with Crippen molar-refractivity contribution in [1.82, 2.24) is 10.6 Å². The summed E-state index contributed by atoms with van der Waals surface area (Å²) in [6, 6.07) is 7.58. The van der Waals surface area contributed by atoms with Gasteiger partial charge in [0.15, 0.2) is 0 Å². The normalized spacial score (nSPS) is 17.5. The maximum atomic E-state index is 11.7. The van der Waals surface area contributed by atoms with Gasteiger partial charge in [-0.2, -0.15) is 0 Å². The molecule has 6 heteroatoms. The zero-order valence-electron chi connectivity index (χ0n) is 10.5. The summed E-state index contributed by atoms with van der Waals surface area (Å²) in [5, 5.41) is 5.50. The highest BCUT2D eigenvalue weighted by molar-refractivity contribution is 5.89. The van der Waals surface area contributed by atoms with Crippen LogP contribution in [0.5, 0.6) is 0 Å². The van der Waals surface area contributed by atoms with E-state index in [-0.39, 0.29) is 30.1 Å². The molecule has 1 aliphatic heterocycles. The molecule has 0 spiro atoms. The monoisotopic (exact) mass is 283 g/mol. The van der Waals surface area contributed by atoms with Crippen LogP contribution >= 0.6 is 12.4 Å². The summed E-state index contributed by atoms with van der Waals surface area (Å²) in [7, 11) is 0. The summed E-state index contributed by atoms with van der Waals surface area (Å²) < 4.78 is 0. The summed E-state index contributed by atoms with van der Waals surface area (Å²) in [4.78, 5) is 22.7. The molecule has 19 heavy (non-hydrogen) atoms. The molecular weight excluding hydrogens is 266 g/mol. The van der Waals surface area contributed by atoms with E-state index < -0.39 is 0 Å². The molecule has 1 aliphatic rings. The topological polar surface area (TPSA) is 84.2 Å². The number of nitrogens with one attached hydrogen (secondary N) is 2. The van der Waals surface area contributed by atoms with Crippen molar-refractivity contribution in [1.29, 1.82) is 0 Å². The predicted molar refractivity (Wildman–Crippen MR) is 75.9 cm³/mol. The van der Waals surface area contributed by atoms with Gasteiger partial charge in [-0.25, -0.2) is 0 Å². The second-order valence-electron chi connectivity index (χ2n) is 4.49. The molecule has 1 unspecified atom stereocenters. The first-order chi connectivity index (χ1) is 8.65. The molecule has 1 saturated heterocycles. The van der Waals surface area contributed by atoms with E-state index in [1.165, 1.54) is 0 Å². The number of nitrogens with two attached hydrogens (primary N) is 1. The first-order valence-corrected chi connectivity index (χ1v) is 6.04. The molecule has 104 valence electrons. The van der Waals surface area contributed by atoms with E-state index in [4.69, 9.17) is 5.73 Å². The average Bonchev–Trinajstić information content (AvgIpc) is 2.78. The molecule has 0 bridgehead atoms. The summed E-state index contributed by atoms with van der Waals surface area (Å²) in [5.74, 6) is -0.318. The van der Waals surface area contributed by atoms with Crippen LogP contribution < -0.4 is 16.4 Å². The van der Waals surface area contributed by atoms with Crippen LogP contribution in [0.2, 0.25) is 0 Å². The van der Waals surface area contributed by atoms with Crippen LogP contribution in [0.25, 0.3) is 0 Å². The fourth-order valence-electron chi connectivity index (χ4n) is 1.95. The van der Waals surface area contributed by atoms with Crippen LogP contribution in [0.15, 0.2) is 24.3 Å². The molecule has 0 saturated carbocycles. The van der Waals surface area contributed by atoms with E-state index in [0.29, 0.717) is 19.5 Å². The number of nitrogen functional groups attached to an aromatic ring is 1. The second kappa shape index (κ2) is 6.99. The van der Waals surface area contributed by atoms with Gasteiger partial charge in [0.05, 0.1) is 5.92 Å². The SMILES string of the molecule is Cl.Nc1ccc(CCNC(=O)C2CNC(=O)C2)cc1. The fourth-order valence-corrected chi connectivity index (χ4v) is 1.95. The van der Waals surface area contributed by atoms with Crippen LogP contribution in [0.1, 0.15) is 12.0 Å². The molecular formula is C13H18ClN3O2. The first-order valence-electron chi connectivity index (χ1n) is 6.04. The lowest BCUT2D eigenvalue weighted by atomic mass is 10.1. The minimum absolute atomic E-state index is 0. The van der Waals surface area contributed by atoms with E-state index in [2.05, 4.69) is 10.6 Å². The Morgan fingerprint density at radius 1 is 1.37 bits per heavy atom. The van der Waals surface area contributed by atoms with Crippen molar-refractivity contribution in [3.8, 4) is 0 Å². The van der Waals surface area contributed by atoms with Gasteiger partial charge >= 0.3 is 0 Å². The lowest BCUT2D eigenvalue weighted by Gasteiger charge is -2.09. The number of anilines is 1. The van der Waals surface area contributed by atoms with Crippen molar-refractivity contribution in [3.63, 3.8) is 0 Å². The lowest BCUT2D eigenvalue weighted by molar-refractivity contribution is -0.126. The van der Waals surface area contributed by atoms with Crippen LogP contribution in [-0.2, 0) is 16.0 Å². The Hall–Kier alpha value is -1.75. The number of carbonyl (C=O) groups excluding carboxylic acids is 2. The highest BCUT2D eigenvalue weighted by Gasteiger charge is 2.27. The number of hydrogen-bond acceptors (Lipinski definition) is 3. The Bertz CT molecular complexity index is 448. The van der Waals surface area contributed by atoms with Crippen molar-refractivity contribution < 1.29 is 9.59 Å². The summed E-state index contributed by atoms with van der Waals surface area (Å²) >= 11 is 0. The molecule has 4 N–H and O–H groups in total. The Balaban J connectivity index is 0.00000180. The van der Waals surface area contributed by atoms with Crippen molar-refractivity contribution >= 4 is 29.9 Å². The maximum Gasteiger partial charge on any atom is 0.225 e. The molecule has 1 aromatic carbocycles. The zero-order chi connectivity index (χ0) is 13.0. The number of benzene rings is 1. The molecule has 1 aromatic rings. The first kappa shape index (κ1) is 15.3. The van der Waals surface area contributed by atoms with Gasteiger partial charge < -0.3 is 16.4 Å². The van der Waals surface area contributed by atoms with Crippen molar-refractivity contribution in [3.05, 3.63) is 29.8 Å². The van der Waals surface area contributed by atoms with Gasteiger partial charge in [0, 0.05) is 25.2 Å². The van der Waals surface area contributed by atoms with Crippen LogP contribution in [0, 0.1) is 5.92 Å². The fraction of sp³-hybridized carbons (Fsp3) is 0.385. The van der Waals surface area contributed by atoms with Crippen molar-refractivity contribution in [2.24, 2.45) is 5.92 Å². The Morgan fingerprint density at radius 2 is 2.05 bits per heavy atom. The average molecular weight is 284 g/mol. The molecule has 2 amide bonds. The van der Waals surface area contributed by atoms with Gasteiger partial charge in [-0.1, -0.05) is 12.1 Å². The summed E-state index contributed by atoms with van der Waals surface area (Å²) in [6.07, 6.45) is 1.06. The van der Waals surface area contributed by atoms with Crippen molar-refractivity contribution in [2.75, 3.05) is 18.8 Å². The van der Waals surface area contributed by atoms with Gasteiger partial charge in [0.25, 0.3) is 0 Å². The standard InChI is InChI=1S/C13H17N3O2.ClH/c14-11-3-1-9(2-4-11)5-6-15-13(18)10-7-12(17)16-8-10;/h1-4,10H,5-8,14H2,(H,15,18)(H,16,17);1H. The van der Waals surface area contributed by atoms with E-state index in [1.807, 2.05) is 24.3 Å². The predicted octanol–water partition coefficient (Wildman–Crippen LogP) is 0.485. The Labute approximate surface area is 118 Å². The highest BCUT2D eigenvalue weighted by Crippen LogP contribution is 2.09. The minimum Gasteiger partial charge on any atom is -0.399 e. The quantitative estimate of drug-likeness (QED) is 0.703. The third-order valence-electron chi connectivity index (χ3n) is 3.04. The Kier molecular flexibility index (Phi) is 5.63. The minimum atomic E-state index is -0.219. The molecule has 0 radical (unpaired) electrons. The highest BCUT2D eigenvalue weighted by atomic mass is 35.5. The molecule has 1 fully saturated rings. The van der Waals surface area contributed by atoms with Gasteiger partial charge in [-0.15, -0.1) is 12.4 Å². The smallest absolute Gasteiger partial charge is 0.225 e. The number of amides is 2.